The van der Waals surface area contributed by atoms with Gasteiger partial charge in [-0.25, -0.2) is 12.8 Å². The quantitative estimate of drug-likeness (QED) is 0.643. The van der Waals surface area contributed by atoms with Crippen LogP contribution in [0.2, 0.25) is 0 Å². The molecule has 0 aliphatic heterocycles. The molecule has 0 atom stereocenters. The molecule has 2 N–H and O–H groups in total. The molecule has 2 aromatic carbocycles. The van der Waals surface area contributed by atoms with E-state index >= 15 is 0 Å². The smallest absolute Gasteiger partial charge is 0.263 e. The van der Waals surface area contributed by atoms with Gasteiger partial charge in [-0.3, -0.25) is 4.72 Å². The van der Waals surface area contributed by atoms with Crippen LogP contribution in [0.1, 0.15) is 6.92 Å². The monoisotopic (exact) mass is 388 g/mol. The van der Waals surface area contributed by atoms with Gasteiger partial charge in [0.2, 0.25) is 0 Å². The van der Waals surface area contributed by atoms with Crippen LogP contribution >= 0.6 is 0 Å². The summed E-state index contributed by atoms with van der Waals surface area (Å²) in [6.07, 6.45) is 0. The molecule has 0 saturated carbocycles. The van der Waals surface area contributed by atoms with Gasteiger partial charge in [-0.15, -0.1) is 10.2 Å². The van der Waals surface area contributed by atoms with E-state index in [4.69, 9.17) is 4.74 Å². The second-order valence-corrected chi connectivity index (χ2v) is 7.13. The zero-order valence-corrected chi connectivity index (χ0v) is 15.2. The van der Waals surface area contributed by atoms with Crippen LogP contribution < -0.4 is 14.8 Å². The summed E-state index contributed by atoms with van der Waals surface area (Å²) in [4.78, 5) is 0.0784. The number of sulfonamides is 1. The van der Waals surface area contributed by atoms with Crippen LogP contribution in [0.4, 0.5) is 21.7 Å². The molecule has 0 bridgehead atoms. The van der Waals surface area contributed by atoms with Crippen LogP contribution in [0.15, 0.2) is 65.6 Å². The zero-order chi connectivity index (χ0) is 19.3. The van der Waals surface area contributed by atoms with Crippen LogP contribution in [-0.2, 0) is 10.0 Å². The third-order valence-electron chi connectivity index (χ3n) is 3.45. The lowest BCUT2D eigenvalue weighted by Crippen LogP contribution is -2.14. The molecule has 27 heavy (non-hydrogen) atoms. The van der Waals surface area contributed by atoms with Crippen molar-refractivity contribution in [3.63, 3.8) is 0 Å². The summed E-state index contributed by atoms with van der Waals surface area (Å²) in [6.45, 7) is 2.34. The van der Waals surface area contributed by atoms with Crippen molar-refractivity contribution in [2.75, 3.05) is 16.6 Å². The van der Waals surface area contributed by atoms with Crippen molar-refractivity contribution < 1.29 is 17.5 Å². The molecule has 0 saturated heterocycles. The fraction of sp³-hybridized carbons (Fsp3) is 0.111. The largest absolute Gasteiger partial charge is 0.494 e. The van der Waals surface area contributed by atoms with E-state index in [1.54, 1.807) is 24.3 Å². The molecule has 0 unspecified atom stereocenters. The highest BCUT2D eigenvalue weighted by Gasteiger charge is 2.15. The molecular formula is C18H17FN4O3S. The van der Waals surface area contributed by atoms with Gasteiger partial charge in [0.25, 0.3) is 10.0 Å². The van der Waals surface area contributed by atoms with Crippen LogP contribution in [0.25, 0.3) is 0 Å². The molecule has 9 heteroatoms. The third-order valence-corrected chi connectivity index (χ3v) is 4.82. The lowest BCUT2D eigenvalue weighted by molar-refractivity contribution is 0.340. The normalized spacial score (nSPS) is 11.0. The van der Waals surface area contributed by atoms with Crippen molar-refractivity contribution in [1.82, 2.24) is 10.2 Å². The SMILES string of the molecule is CCOc1ccc(S(=O)(=O)Nc2ccc(Nc3cccc(F)c3)nn2)cc1. The first-order valence-electron chi connectivity index (χ1n) is 8.08. The Kier molecular flexibility index (Phi) is 5.51. The van der Waals surface area contributed by atoms with Gasteiger partial charge < -0.3 is 10.1 Å². The Morgan fingerprint density at radius 2 is 1.70 bits per heavy atom. The fourth-order valence-electron chi connectivity index (χ4n) is 2.25. The summed E-state index contributed by atoms with van der Waals surface area (Å²) in [5.74, 6) is 0.620. The number of hydrogen-bond acceptors (Lipinski definition) is 6. The van der Waals surface area contributed by atoms with Gasteiger partial charge >= 0.3 is 0 Å². The lowest BCUT2D eigenvalue weighted by Gasteiger charge is -2.09. The average molecular weight is 388 g/mol. The number of anilines is 3. The van der Waals surface area contributed by atoms with Gasteiger partial charge in [-0.1, -0.05) is 6.07 Å². The van der Waals surface area contributed by atoms with E-state index in [0.29, 0.717) is 23.9 Å². The maximum absolute atomic E-state index is 13.2. The summed E-state index contributed by atoms with van der Waals surface area (Å²) >= 11 is 0. The first-order chi connectivity index (χ1) is 13.0. The molecule has 1 heterocycles. The van der Waals surface area contributed by atoms with Crippen molar-refractivity contribution in [3.8, 4) is 5.75 Å². The highest BCUT2D eigenvalue weighted by Crippen LogP contribution is 2.20. The number of halogens is 1. The van der Waals surface area contributed by atoms with E-state index in [2.05, 4.69) is 20.2 Å². The molecule has 140 valence electrons. The third kappa shape index (κ3) is 4.91. The summed E-state index contributed by atoms with van der Waals surface area (Å²) < 4.78 is 45.7. The molecule has 0 amide bonds. The Morgan fingerprint density at radius 3 is 2.33 bits per heavy atom. The molecule has 7 nitrogen and oxygen atoms in total. The first-order valence-corrected chi connectivity index (χ1v) is 9.56. The van der Waals surface area contributed by atoms with Gasteiger partial charge in [-0.05, 0) is 61.5 Å². The number of nitrogens with zero attached hydrogens (tertiary/aromatic N) is 2. The molecule has 0 aliphatic carbocycles. The zero-order valence-electron chi connectivity index (χ0n) is 14.4. The molecule has 0 radical (unpaired) electrons. The second-order valence-electron chi connectivity index (χ2n) is 5.45. The Balaban J connectivity index is 1.69. The van der Waals surface area contributed by atoms with Crippen molar-refractivity contribution in [1.29, 1.82) is 0 Å². The Morgan fingerprint density at radius 1 is 1.00 bits per heavy atom. The molecule has 3 rings (SSSR count). The molecular weight excluding hydrogens is 371 g/mol. The number of nitrogens with one attached hydrogen (secondary N) is 2. The van der Waals surface area contributed by atoms with Crippen molar-refractivity contribution in [2.45, 2.75) is 11.8 Å². The second kappa shape index (κ2) is 8.00. The van der Waals surface area contributed by atoms with Crippen LogP contribution in [-0.4, -0.2) is 25.2 Å². The van der Waals surface area contributed by atoms with Crippen LogP contribution in [0, 0.1) is 5.82 Å². The number of ether oxygens (including phenoxy) is 1. The average Bonchev–Trinajstić information content (AvgIpc) is 2.64. The minimum absolute atomic E-state index is 0.0636. The van der Waals surface area contributed by atoms with Crippen molar-refractivity contribution in [2.24, 2.45) is 0 Å². The number of rotatable bonds is 7. The van der Waals surface area contributed by atoms with E-state index in [9.17, 15) is 12.8 Å². The number of aromatic nitrogens is 2. The van der Waals surface area contributed by atoms with Gasteiger partial charge in [0, 0.05) is 5.69 Å². The summed E-state index contributed by atoms with van der Waals surface area (Å²) in [6, 6.07) is 14.9. The highest BCUT2D eigenvalue weighted by atomic mass is 32.2. The number of hydrogen-bond donors (Lipinski definition) is 2. The number of benzene rings is 2. The van der Waals surface area contributed by atoms with E-state index < -0.39 is 10.0 Å². The minimum Gasteiger partial charge on any atom is -0.494 e. The Hall–Kier alpha value is -3.20. The molecule has 1 aromatic heterocycles. The molecule has 0 aliphatic rings. The van der Waals surface area contributed by atoms with E-state index in [1.807, 2.05) is 6.92 Å². The van der Waals surface area contributed by atoms with E-state index in [0.717, 1.165) is 0 Å². The summed E-state index contributed by atoms with van der Waals surface area (Å²) in [5, 5.41) is 10.6. The van der Waals surface area contributed by atoms with Gasteiger partial charge in [-0.2, -0.15) is 0 Å². The molecule has 3 aromatic rings. The van der Waals surface area contributed by atoms with Gasteiger partial charge in [0.1, 0.15) is 11.6 Å². The van der Waals surface area contributed by atoms with Crippen molar-refractivity contribution >= 4 is 27.3 Å². The van der Waals surface area contributed by atoms with Crippen molar-refractivity contribution in [3.05, 3.63) is 66.5 Å². The highest BCUT2D eigenvalue weighted by molar-refractivity contribution is 7.92. The van der Waals surface area contributed by atoms with Crippen LogP contribution in [0.3, 0.4) is 0 Å². The molecule has 0 fully saturated rings. The van der Waals surface area contributed by atoms with Gasteiger partial charge in [0.15, 0.2) is 11.6 Å². The topological polar surface area (TPSA) is 93.2 Å². The predicted molar refractivity (Wildman–Crippen MR) is 100 cm³/mol. The summed E-state index contributed by atoms with van der Waals surface area (Å²) in [5.41, 5.74) is 0.506. The van der Waals surface area contributed by atoms with Gasteiger partial charge in [0.05, 0.1) is 11.5 Å². The maximum Gasteiger partial charge on any atom is 0.263 e. The maximum atomic E-state index is 13.2. The Labute approximate surface area is 156 Å². The van der Waals surface area contributed by atoms with E-state index in [1.165, 1.54) is 36.4 Å². The lowest BCUT2D eigenvalue weighted by atomic mass is 10.3. The fourth-order valence-corrected chi connectivity index (χ4v) is 3.24. The first kappa shape index (κ1) is 18.6. The van der Waals surface area contributed by atoms with Crippen LogP contribution in [0.5, 0.6) is 5.75 Å². The summed E-state index contributed by atoms with van der Waals surface area (Å²) in [7, 11) is -3.80. The minimum atomic E-state index is -3.80. The predicted octanol–water partition coefficient (Wildman–Crippen LogP) is 3.56. The Bertz CT molecular complexity index is 1010. The standard InChI is InChI=1S/C18H17FN4O3S/c1-2-26-15-6-8-16(9-7-15)27(24,25)23-18-11-10-17(21-22-18)20-14-5-3-4-13(19)12-14/h3-12H,2H2,1H3,(H,20,21)(H,22,23). The molecule has 0 spiro atoms. The van der Waals surface area contributed by atoms with E-state index in [-0.39, 0.29) is 16.5 Å².